The lowest BCUT2D eigenvalue weighted by molar-refractivity contribution is -0.122. The van der Waals surface area contributed by atoms with Crippen LogP contribution in [0.25, 0.3) is 16.4 Å². The Labute approximate surface area is 217 Å². The molecule has 4 heterocycles. The van der Waals surface area contributed by atoms with Crippen molar-refractivity contribution in [3.05, 3.63) is 69.7 Å². The molecule has 1 aliphatic carbocycles. The Kier molecular flexibility index (Phi) is 6.87. The summed E-state index contributed by atoms with van der Waals surface area (Å²) in [6, 6.07) is 7.30. The number of pyridine rings is 2. The summed E-state index contributed by atoms with van der Waals surface area (Å²) in [4.78, 5) is 23.3. The predicted octanol–water partition coefficient (Wildman–Crippen LogP) is 3.55. The lowest BCUT2D eigenvalue weighted by Gasteiger charge is -2.58. The number of aryl methyl sites for hydroxylation is 2. The van der Waals surface area contributed by atoms with Crippen molar-refractivity contribution in [2.45, 2.75) is 31.8 Å². The smallest absolute Gasteiger partial charge is 0.290 e. The van der Waals surface area contributed by atoms with E-state index in [-0.39, 0.29) is 29.6 Å². The molecule has 9 nitrogen and oxygen atoms in total. The Morgan fingerprint density at radius 2 is 2.00 bits per heavy atom. The van der Waals surface area contributed by atoms with Crippen molar-refractivity contribution in [3.63, 3.8) is 0 Å². The maximum absolute atomic E-state index is 14.5. The Balaban J connectivity index is 0.000000892. The van der Waals surface area contributed by atoms with Gasteiger partial charge in [-0.25, -0.2) is 4.39 Å². The minimum absolute atomic E-state index is 0.117. The van der Waals surface area contributed by atoms with E-state index < -0.39 is 0 Å². The van der Waals surface area contributed by atoms with Gasteiger partial charge >= 0.3 is 0 Å². The second-order valence-electron chi connectivity index (χ2n) is 9.85. The fourth-order valence-electron chi connectivity index (χ4n) is 5.56. The molecule has 4 aromatic rings. The zero-order valence-electron chi connectivity index (χ0n) is 20.3. The third-order valence-electron chi connectivity index (χ3n) is 7.29. The van der Waals surface area contributed by atoms with Gasteiger partial charge in [0.25, 0.3) is 12.0 Å². The zero-order chi connectivity index (χ0) is 26.2. The number of halogens is 2. The van der Waals surface area contributed by atoms with E-state index in [0.717, 1.165) is 50.0 Å². The second-order valence-corrected chi connectivity index (χ2v) is 10.3. The summed E-state index contributed by atoms with van der Waals surface area (Å²) in [6.45, 7) is 2.82. The van der Waals surface area contributed by atoms with Gasteiger partial charge in [-0.3, -0.25) is 14.0 Å². The first kappa shape index (κ1) is 25.2. The minimum atomic E-state index is -0.272. The molecule has 37 heavy (non-hydrogen) atoms. The molecule has 0 atom stereocenters. The second kappa shape index (κ2) is 10.1. The van der Waals surface area contributed by atoms with Crippen molar-refractivity contribution in [2.75, 3.05) is 19.6 Å². The van der Waals surface area contributed by atoms with Crippen LogP contribution in [-0.2, 0) is 18.3 Å². The van der Waals surface area contributed by atoms with Crippen LogP contribution in [0.15, 0.2) is 47.8 Å². The van der Waals surface area contributed by atoms with Crippen molar-refractivity contribution in [1.82, 2.24) is 24.1 Å². The SMILES string of the molecule is Cn1ccc2c(OC3CC4(C3)CN(CCCc3ccn5cnnc5c3F)C4)ccc(Cl)c2c1=O.O=CO. The lowest BCUT2D eigenvalue weighted by Crippen LogP contribution is -2.64. The average molecular weight is 528 g/mol. The minimum Gasteiger partial charge on any atom is -0.490 e. The summed E-state index contributed by atoms with van der Waals surface area (Å²) >= 11 is 6.29. The van der Waals surface area contributed by atoms with Gasteiger partial charge in [-0.2, -0.15) is 0 Å². The summed E-state index contributed by atoms with van der Waals surface area (Å²) in [5.74, 6) is 0.450. The number of nitrogens with zero attached hydrogens (tertiary/aromatic N) is 5. The van der Waals surface area contributed by atoms with Gasteiger partial charge in [0.1, 0.15) is 12.1 Å². The molecule has 1 saturated carbocycles. The Morgan fingerprint density at radius 1 is 1.24 bits per heavy atom. The summed E-state index contributed by atoms with van der Waals surface area (Å²) < 4.78 is 23.9. The number of hydrogen-bond acceptors (Lipinski definition) is 6. The molecule has 1 spiro atoms. The van der Waals surface area contributed by atoms with Gasteiger partial charge in [0.2, 0.25) is 0 Å². The molecule has 0 amide bonds. The first-order valence-corrected chi connectivity index (χ1v) is 12.4. The van der Waals surface area contributed by atoms with Crippen LogP contribution in [0.2, 0.25) is 5.02 Å². The van der Waals surface area contributed by atoms with Crippen LogP contribution in [0.3, 0.4) is 0 Å². The third-order valence-corrected chi connectivity index (χ3v) is 7.61. The first-order valence-electron chi connectivity index (χ1n) is 12.1. The van der Waals surface area contributed by atoms with Crippen LogP contribution in [0.1, 0.15) is 24.8 Å². The molecule has 11 heteroatoms. The molecule has 2 fully saturated rings. The topological polar surface area (TPSA) is 102 Å². The summed E-state index contributed by atoms with van der Waals surface area (Å²) in [5, 5.41) is 16.2. The molecule has 1 saturated heterocycles. The van der Waals surface area contributed by atoms with Crippen LogP contribution in [-0.4, -0.2) is 61.4 Å². The van der Waals surface area contributed by atoms with Crippen LogP contribution in [0, 0.1) is 11.2 Å². The lowest BCUT2D eigenvalue weighted by atomic mass is 9.61. The Morgan fingerprint density at radius 3 is 2.76 bits per heavy atom. The quantitative estimate of drug-likeness (QED) is 0.383. The fraction of sp³-hybridized carbons (Fsp3) is 0.385. The average Bonchev–Trinajstić information content (AvgIpc) is 3.31. The molecule has 2 aliphatic rings. The van der Waals surface area contributed by atoms with Crippen molar-refractivity contribution >= 4 is 34.5 Å². The van der Waals surface area contributed by atoms with E-state index >= 15 is 0 Å². The van der Waals surface area contributed by atoms with Crippen LogP contribution in [0.4, 0.5) is 4.39 Å². The summed E-state index contributed by atoms with van der Waals surface area (Å²) in [5.41, 5.74) is 1.19. The van der Waals surface area contributed by atoms with Gasteiger partial charge in [-0.15, -0.1) is 10.2 Å². The first-order chi connectivity index (χ1) is 17.8. The molecule has 1 aromatic carbocycles. The standard InChI is InChI=1S/C25H25ClFN5O2.CH2O2/c1-30-9-7-18-20(5-4-19(26)21(18)24(30)33)34-17-11-25(12-17)13-31(14-25)8-2-3-16-6-10-32-15-28-29-23(32)22(16)27;2-1-3/h4-7,9-10,15,17H,2-3,8,11-14H2,1H3;1H,(H,2,3). The van der Waals surface area contributed by atoms with Crippen LogP contribution < -0.4 is 10.3 Å². The van der Waals surface area contributed by atoms with E-state index in [4.69, 9.17) is 26.2 Å². The van der Waals surface area contributed by atoms with Crippen molar-refractivity contribution in [3.8, 4) is 5.75 Å². The van der Waals surface area contributed by atoms with E-state index in [0.29, 0.717) is 27.8 Å². The van der Waals surface area contributed by atoms with Gasteiger partial charge < -0.3 is 19.3 Å². The number of aromatic nitrogens is 4. The van der Waals surface area contributed by atoms with Gasteiger partial charge in [0, 0.05) is 43.3 Å². The zero-order valence-corrected chi connectivity index (χ0v) is 21.1. The number of benzene rings is 1. The molecular formula is C26H27ClFN5O4. The van der Waals surface area contributed by atoms with Crippen molar-refractivity contribution < 1.29 is 19.0 Å². The molecule has 0 radical (unpaired) electrons. The number of likely N-dealkylation sites (tertiary alicyclic amines) is 1. The summed E-state index contributed by atoms with van der Waals surface area (Å²) in [7, 11) is 1.72. The highest BCUT2D eigenvalue weighted by Gasteiger charge is 2.53. The highest BCUT2D eigenvalue weighted by molar-refractivity contribution is 6.35. The van der Waals surface area contributed by atoms with Crippen molar-refractivity contribution in [1.29, 1.82) is 0 Å². The Bertz CT molecular complexity index is 1510. The predicted molar refractivity (Wildman–Crippen MR) is 137 cm³/mol. The van der Waals surface area contributed by atoms with Gasteiger partial charge in [0.05, 0.1) is 16.5 Å². The molecule has 194 valence electrons. The largest absolute Gasteiger partial charge is 0.490 e. The molecule has 0 bridgehead atoms. The highest BCUT2D eigenvalue weighted by atomic mass is 35.5. The van der Waals surface area contributed by atoms with Crippen molar-refractivity contribution in [2.24, 2.45) is 12.5 Å². The molecule has 0 unspecified atom stereocenters. The van der Waals surface area contributed by atoms with Gasteiger partial charge in [-0.05, 0) is 62.1 Å². The van der Waals surface area contributed by atoms with E-state index in [1.807, 2.05) is 24.4 Å². The molecule has 3 aromatic heterocycles. The number of carbonyl (C=O) groups is 1. The molecule has 6 rings (SSSR count). The summed E-state index contributed by atoms with van der Waals surface area (Å²) in [6.07, 6.45) is 8.83. The molecule has 1 N–H and O–H groups in total. The number of ether oxygens (including phenoxy) is 1. The maximum Gasteiger partial charge on any atom is 0.290 e. The monoisotopic (exact) mass is 527 g/mol. The Hall–Kier alpha value is -3.50. The van der Waals surface area contributed by atoms with Crippen LogP contribution in [0.5, 0.6) is 5.75 Å². The highest BCUT2D eigenvalue weighted by Crippen LogP contribution is 2.50. The maximum atomic E-state index is 14.5. The third kappa shape index (κ3) is 4.78. The van der Waals surface area contributed by atoms with Gasteiger partial charge in [-0.1, -0.05) is 11.6 Å². The number of rotatable bonds is 6. The normalized spacial score (nSPS) is 16.7. The van der Waals surface area contributed by atoms with Gasteiger partial charge in [0.15, 0.2) is 11.5 Å². The molecular weight excluding hydrogens is 501 g/mol. The number of carboxylic acid groups (broad SMARTS) is 1. The van der Waals surface area contributed by atoms with E-state index in [1.165, 1.54) is 10.9 Å². The van der Waals surface area contributed by atoms with E-state index in [2.05, 4.69) is 15.1 Å². The van der Waals surface area contributed by atoms with E-state index in [9.17, 15) is 9.18 Å². The molecule has 1 aliphatic heterocycles. The fourth-order valence-corrected chi connectivity index (χ4v) is 5.81. The number of hydrogen-bond donors (Lipinski definition) is 1. The number of fused-ring (bicyclic) bond motifs is 2. The van der Waals surface area contributed by atoms with E-state index in [1.54, 1.807) is 23.7 Å². The van der Waals surface area contributed by atoms with Crippen LogP contribution >= 0.6 is 11.6 Å².